The molecule has 568 valence electrons. The molecule has 36 heteroatoms. The summed E-state index contributed by atoms with van der Waals surface area (Å²) in [5.74, 6) is 2.67. The summed E-state index contributed by atoms with van der Waals surface area (Å²) in [5, 5.41) is 7.99. The summed E-state index contributed by atoms with van der Waals surface area (Å²) in [6, 6.07) is 7.46. The highest BCUT2D eigenvalue weighted by atomic mass is 35.5. The number of aromatic amines is 4. The predicted octanol–water partition coefficient (Wildman–Crippen LogP) is 10.2. The third kappa shape index (κ3) is 16.9. The first-order valence-corrected chi connectivity index (χ1v) is 36.5. The van der Waals surface area contributed by atoms with Crippen LogP contribution < -0.4 is 53.2 Å². The second kappa shape index (κ2) is 30.6. The Morgan fingerprint density at radius 1 is 0.409 bits per heavy atom. The number of piperidine rings is 2. The Labute approximate surface area is 652 Å². The Bertz CT molecular complexity index is 4940. The molecule has 0 aromatic carbocycles. The first kappa shape index (κ1) is 76.8. The van der Waals surface area contributed by atoms with E-state index in [1.807, 2.05) is 44.3 Å². The number of nitrogens with one attached hydrogen (secondary N) is 6. The van der Waals surface area contributed by atoms with Crippen molar-refractivity contribution in [3.63, 3.8) is 0 Å². The summed E-state index contributed by atoms with van der Waals surface area (Å²) in [6.07, 6.45) is 27.3. The van der Waals surface area contributed by atoms with E-state index in [0.29, 0.717) is 116 Å². The zero-order chi connectivity index (χ0) is 78.5. The van der Waals surface area contributed by atoms with Gasteiger partial charge in [0.25, 0.3) is 23.6 Å². The van der Waals surface area contributed by atoms with Gasteiger partial charge in [-0.2, -0.15) is 19.9 Å². The third-order valence-electron chi connectivity index (χ3n) is 18.6. The topological polar surface area (TPSA) is 453 Å². The standard InChI is InChI=1S/C21H27ClN6O.C20H26ClN7O.C17H14ClN7O.C16H13ClN8O/c1-20(2)9-12(10-21(3,4)27-20)11-28-17-15(16(22)25-19(23)26-17)14(18(28)29)8-13-6-5-7-24-13;1-19(2)8-11(9-20(3,4)27-19)10-28-16-14(15(21)25-18(22)26-16)12(17(28)29)7-13-23-5-6-24-13;1-9-6-22-11(7-21-9)8-25-15-13(14(18)23-17(19)24-15)12(16(25)26)5-10-3-2-4-20-10;1-8-5-22-9(6-21-8)7-25-14-12(13(17)23-16(18)24-14)10(15(25)26)4-11-19-2-3-20-11/h5-8,12,24,27H,9-11H2,1-4H3,(H2,23,25,26);5-7,11,27H,8-10H2,1-4H3,(H,23,24)(H2,22,25,26);2-7,20H,8H2,1H3,(H2,19,23,24);2-6H,7H2,1H3,(H,19,20)(H2,18,23,24)/b14-8-;12-7-;12-5-;10-4-. The monoisotopic (exact) mass is 1560 g/mol. The molecule has 0 radical (unpaired) electrons. The number of nitrogen functional groups attached to an aromatic ring is 4. The molecule has 0 unspecified atom stereocenters. The molecule has 110 heavy (non-hydrogen) atoms. The molecule has 10 aromatic heterocycles. The molecule has 14 N–H and O–H groups in total. The first-order chi connectivity index (χ1) is 52.1. The minimum Gasteiger partial charge on any atom is -0.368 e. The third-order valence-corrected chi connectivity index (χ3v) is 19.7. The van der Waals surface area contributed by atoms with Crippen LogP contribution in [0.2, 0.25) is 20.6 Å². The zero-order valence-electron chi connectivity index (χ0n) is 61.7. The molecular weight excluding hydrogens is 1490 g/mol. The SMILES string of the molecule is CC1(C)CC(CN2C(=O)/C(=C\c3ccc[nH]3)c3c(Cl)nc(N)nc32)CC(C)(C)N1.CC1(C)CC(CN2C(=O)/C(=C\c3ncc[nH]3)c3c(Cl)nc(N)nc32)CC(C)(C)N1.Cc1cnc(CN2C(=O)/C(=C\c3ccc[nH]3)c3c(Cl)nc(N)nc32)cn1.Cc1cnc(CN2C(=O)/C(=C\c3ncc[nH]3)c3c(Cl)nc(N)nc32)cn1. The first-order valence-electron chi connectivity index (χ1n) is 35.0. The van der Waals surface area contributed by atoms with E-state index in [9.17, 15) is 19.2 Å². The second-order valence-corrected chi connectivity index (χ2v) is 31.4. The maximum absolute atomic E-state index is 13.4. The maximum Gasteiger partial charge on any atom is 0.260 e. The molecule has 16 heterocycles. The van der Waals surface area contributed by atoms with E-state index in [1.54, 1.807) is 89.9 Å². The highest BCUT2D eigenvalue weighted by molar-refractivity contribution is 6.44. The molecule has 6 aliphatic heterocycles. The number of halogens is 4. The molecule has 0 saturated carbocycles. The Kier molecular flexibility index (Phi) is 21.3. The summed E-state index contributed by atoms with van der Waals surface area (Å²) in [5.41, 5.74) is 31.1. The minimum absolute atomic E-state index is 0.00247. The molecule has 2 saturated heterocycles. The molecule has 6 aliphatic rings. The molecule has 16 rings (SSSR count). The Balaban J connectivity index is 0.000000129. The lowest BCUT2D eigenvalue weighted by Crippen LogP contribution is -2.59. The number of amides is 4. The van der Waals surface area contributed by atoms with Crippen LogP contribution in [0.4, 0.5) is 47.1 Å². The highest BCUT2D eigenvalue weighted by Crippen LogP contribution is 2.47. The fraction of sp³-hybridized carbons (Fsp3) is 0.324. The number of rotatable bonds is 12. The summed E-state index contributed by atoms with van der Waals surface area (Å²) >= 11 is 25.3. The fourth-order valence-electron chi connectivity index (χ4n) is 15.4. The van der Waals surface area contributed by atoms with Gasteiger partial charge in [-0.3, -0.25) is 58.7 Å². The van der Waals surface area contributed by atoms with Crippen molar-refractivity contribution < 1.29 is 19.2 Å². The van der Waals surface area contributed by atoms with Gasteiger partial charge in [0.15, 0.2) is 23.3 Å². The lowest BCUT2D eigenvalue weighted by atomic mass is 9.75. The van der Waals surface area contributed by atoms with Gasteiger partial charge in [0.1, 0.15) is 32.3 Å². The van der Waals surface area contributed by atoms with Gasteiger partial charge in [-0.1, -0.05) is 46.4 Å². The van der Waals surface area contributed by atoms with Crippen molar-refractivity contribution in [3.8, 4) is 0 Å². The second-order valence-electron chi connectivity index (χ2n) is 30.0. The summed E-state index contributed by atoms with van der Waals surface area (Å²) in [6.45, 7) is 22.8. The molecule has 32 nitrogen and oxygen atoms in total. The van der Waals surface area contributed by atoms with E-state index in [2.05, 4.69) is 156 Å². The maximum atomic E-state index is 13.4. The van der Waals surface area contributed by atoms with Crippen molar-refractivity contribution in [1.29, 1.82) is 0 Å². The Hall–Kier alpha value is -11.4. The predicted molar refractivity (Wildman–Crippen MR) is 425 cm³/mol. The molecule has 10 aromatic rings. The van der Waals surface area contributed by atoms with Gasteiger partial charge in [0, 0.05) is 96.2 Å². The number of imidazole rings is 2. The van der Waals surface area contributed by atoms with Gasteiger partial charge in [-0.15, -0.1) is 0 Å². The van der Waals surface area contributed by atoms with Crippen LogP contribution in [0, 0.1) is 25.7 Å². The van der Waals surface area contributed by atoms with Crippen LogP contribution in [-0.2, 0) is 32.3 Å². The van der Waals surface area contributed by atoms with E-state index >= 15 is 0 Å². The van der Waals surface area contributed by atoms with Crippen molar-refractivity contribution in [3.05, 3.63) is 175 Å². The number of aryl methyl sites for hydroxylation is 2. The van der Waals surface area contributed by atoms with Crippen LogP contribution in [0.5, 0.6) is 0 Å². The molecule has 0 spiro atoms. The van der Waals surface area contributed by atoms with E-state index in [4.69, 9.17) is 69.3 Å². The van der Waals surface area contributed by atoms with Gasteiger partial charge in [0.05, 0.1) is 92.8 Å². The van der Waals surface area contributed by atoms with Gasteiger partial charge >= 0.3 is 0 Å². The van der Waals surface area contributed by atoms with Gasteiger partial charge in [0.2, 0.25) is 23.8 Å². The van der Waals surface area contributed by atoms with Crippen LogP contribution in [-0.4, -0.2) is 149 Å². The molecule has 4 amide bonds. The fourth-order valence-corrected chi connectivity index (χ4v) is 16.4. The number of anilines is 8. The number of hydrogen-bond donors (Lipinski definition) is 10. The van der Waals surface area contributed by atoms with Crippen molar-refractivity contribution >= 4 is 164 Å². The summed E-state index contributed by atoms with van der Waals surface area (Å²) < 4.78 is 0. The van der Waals surface area contributed by atoms with Crippen LogP contribution in [0.15, 0.2) is 86.2 Å². The van der Waals surface area contributed by atoms with Crippen molar-refractivity contribution in [1.82, 2.24) is 100 Å². The van der Waals surface area contributed by atoms with Crippen LogP contribution in [0.1, 0.15) is 149 Å². The van der Waals surface area contributed by atoms with E-state index < -0.39 is 0 Å². The summed E-state index contributed by atoms with van der Waals surface area (Å²) in [4.78, 5) is 130. The number of nitrogens with two attached hydrogens (primary N) is 4. The molecule has 0 bridgehead atoms. The van der Waals surface area contributed by atoms with Crippen molar-refractivity contribution in [2.75, 3.05) is 55.6 Å². The van der Waals surface area contributed by atoms with E-state index in [0.717, 1.165) is 48.5 Å². The van der Waals surface area contributed by atoms with Crippen LogP contribution in [0.3, 0.4) is 0 Å². The highest BCUT2D eigenvalue weighted by Gasteiger charge is 2.46. The smallest absolute Gasteiger partial charge is 0.260 e. The largest absolute Gasteiger partial charge is 0.368 e. The average Bonchev–Trinajstić information content (AvgIpc) is 1.61. The Morgan fingerprint density at radius 3 is 1.00 bits per heavy atom. The number of aromatic nitrogens is 18. The number of fused-ring (bicyclic) bond motifs is 4. The number of carbonyl (C=O) groups is 4. The Morgan fingerprint density at radius 2 is 0.718 bits per heavy atom. The van der Waals surface area contributed by atoms with Gasteiger partial charge in [-0.25, -0.2) is 29.9 Å². The molecular formula is C74H80Cl4N28O4. The number of H-pyrrole nitrogens is 4. The van der Waals surface area contributed by atoms with Gasteiger partial charge < -0.3 is 53.5 Å². The molecule has 0 atom stereocenters. The number of nitrogens with zero attached hydrogens (tertiary/aromatic N) is 18. The van der Waals surface area contributed by atoms with Crippen LogP contribution >= 0.6 is 46.4 Å². The van der Waals surface area contributed by atoms with Crippen molar-refractivity contribution in [2.24, 2.45) is 11.8 Å². The van der Waals surface area contributed by atoms with E-state index in [-0.39, 0.29) is 103 Å². The van der Waals surface area contributed by atoms with Crippen molar-refractivity contribution in [2.45, 2.75) is 130 Å². The lowest BCUT2D eigenvalue weighted by molar-refractivity contribution is -0.114. The molecule has 2 fully saturated rings. The molecule has 0 aliphatic carbocycles. The average molecular weight is 1570 g/mol. The number of hydrogen-bond acceptors (Lipinski definition) is 24. The lowest BCUT2D eigenvalue weighted by Gasteiger charge is -2.47. The summed E-state index contributed by atoms with van der Waals surface area (Å²) in [7, 11) is 0. The van der Waals surface area contributed by atoms with E-state index in [1.165, 1.54) is 9.80 Å². The minimum atomic E-state index is -0.291. The number of carbonyl (C=O) groups excluding carboxylic acids is 4. The zero-order valence-corrected chi connectivity index (χ0v) is 64.7. The van der Waals surface area contributed by atoms with Gasteiger partial charge in [-0.05, 0) is 155 Å². The van der Waals surface area contributed by atoms with Crippen LogP contribution in [0.25, 0.3) is 46.6 Å². The normalized spacial score (nSPS) is 18.8. The quantitative estimate of drug-likeness (QED) is 0.0401.